The van der Waals surface area contributed by atoms with Crippen LogP contribution in [0.15, 0.2) is 6.33 Å². The van der Waals surface area contributed by atoms with Crippen LogP contribution in [0.3, 0.4) is 0 Å². The summed E-state index contributed by atoms with van der Waals surface area (Å²) in [4.78, 5) is 30.4. The number of imidazole rings is 1. The number of carboxylic acid groups (broad SMARTS) is 1. The highest BCUT2D eigenvalue weighted by Gasteiger charge is 2.36. The number of aromatic carboxylic acids is 1. The molecule has 1 aliphatic rings. The minimum absolute atomic E-state index is 0.116. The molecule has 1 amide bonds. The van der Waals surface area contributed by atoms with Gasteiger partial charge < -0.3 is 20.1 Å². The normalized spacial score (nSPS) is 24.0. The highest BCUT2D eigenvalue weighted by molar-refractivity contribution is 6.02. The van der Waals surface area contributed by atoms with E-state index in [1.54, 1.807) is 6.92 Å². The molecule has 1 saturated heterocycles. The van der Waals surface area contributed by atoms with Gasteiger partial charge in [0.1, 0.15) is 0 Å². The maximum absolute atomic E-state index is 12.0. The number of amides is 1. The Morgan fingerprint density at radius 2 is 2.29 bits per heavy atom. The molecule has 0 radical (unpaired) electrons. The number of nitrogens with zero attached hydrogens (tertiary/aromatic N) is 2. The fraction of sp³-hybridized carbons (Fsp3) is 0.500. The van der Waals surface area contributed by atoms with Gasteiger partial charge in [-0.15, -0.1) is 0 Å². The third-order valence-corrected chi connectivity index (χ3v) is 2.79. The standard InChI is InChI=1S/C10H13N3O4/c1-10(17)2-3-13(4-10)8(14)6-7(9(15)16)12-5-11-6/h5,17H,2-4H2,1H3,(H,11,12)(H,15,16). The molecular weight excluding hydrogens is 226 g/mol. The van der Waals surface area contributed by atoms with Crippen molar-refractivity contribution in [2.24, 2.45) is 0 Å². The Kier molecular flexibility index (Phi) is 2.62. The summed E-state index contributed by atoms with van der Waals surface area (Å²) in [7, 11) is 0. The number of hydrogen-bond donors (Lipinski definition) is 3. The average Bonchev–Trinajstić information content (AvgIpc) is 2.82. The van der Waals surface area contributed by atoms with Crippen LogP contribution in [0.25, 0.3) is 0 Å². The van der Waals surface area contributed by atoms with Gasteiger partial charge in [0.05, 0.1) is 11.9 Å². The number of rotatable bonds is 2. The van der Waals surface area contributed by atoms with Crippen LogP contribution in [-0.4, -0.2) is 55.6 Å². The smallest absolute Gasteiger partial charge is 0.354 e. The lowest BCUT2D eigenvalue weighted by Crippen LogP contribution is -2.34. The van der Waals surface area contributed by atoms with E-state index in [-0.39, 0.29) is 17.9 Å². The van der Waals surface area contributed by atoms with E-state index >= 15 is 0 Å². The number of aliphatic hydroxyl groups is 1. The van der Waals surface area contributed by atoms with E-state index < -0.39 is 17.5 Å². The Balaban J connectivity index is 2.21. The first-order valence-electron chi connectivity index (χ1n) is 5.19. The van der Waals surface area contributed by atoms with Crippen molar-refractivity contribution >= 4 is 11.9 Å². The first-order chi connectivity index (χ1) is 7.91. The number of likely N-dealkylation sites (tertiary alicyclic amines) is 1. The van der Waals surface area contributed by atoms with Crippen molar-refractivity contribution in [1.82, 2.24) is 14.9 Å². The predicted molar refractivity (Wildman–Crippen MR) is 56.7 cm³/mol. The van der Waals surface area contributed by atoms with E-state index in [9.17, 15) is 14.7 Å². The molecule has 1 unspecified atom stereocenters. The number of aromatic nitrogens is 2. The molecule has 1 atom stereocenters. The topological polar surface area (TPSA) is 107 Å². The van der Waals surface area contributed by atoms with E-state index in [1.807, 2.05) is 0 Å². The van der Waals surface area contributed by atoms with E-state index in [4.69, 9.17) is 5.11 Å². The monoisotopic (exact) mass is 239 g/mol. The van der Waals surface area contributed by atoms with Crippen molar-refractivity contribution in [2.75, 3.05) is 13.1 Å². The van der Waals surface area contributed by atoms with Crippen LogP contribution in [0.1, 0.15) is 34.3 Å². The van der Waals surface area contributed by atoms with Crippen molar-refractivity contribution in [3.63, 3.8) is 0 Å². The Morgan fingerprint density at radius 1 is 1.59 bits per heavy atom. The summed E-state index contributed by atoms with van der Waals surface area (Å²) in [5.41, 5.74) is -1.24. The Hall–Kier alpha value is -1.89. The molecule has 92 valence electrons. The van der Waals surface area contributed by atoms with Gasteiger partial charge in [0, 0.05) is 13.1 Å². The Labute approximate surface area is 97.1 Å². The number of carbonyl (C=O) groups is 2. The van der Waals surface area contributed by atoms with Crippen LogP contribution < -0.4 is 0 Å². The lowest BCUT2D eigenvalue weighted by atomic mass is 10.1. The number of carbonyl (C=O) groups excluding carboxylic acids is 1. The minimum atomic E-state index is -1.23. The lowest BCUT2D eigenvalue weighted by Gasteiger charge is -2.18. The van der Waals surface area contributed by atoms with Gasteiger partial charge in [0.25, 0.3) is 5.91 Å². The number of carboxylic acids is 1. The third kappa shape index (κ3) is 2.14. The molecule has 0 aliphatic carbocycles. The fourth-order valence-electron chi connectivity index (χ4n) is 1.89. The summed E-state index contributed by atoms with van der Waals surface area (Å²) in [5.74, 6) is -1.70. The molecule has 1 aromatic rings. The second-order valence-corrected chi connectivity index (χ2v) is 4.40. The molecule has 2 rings (SSSR count). The number of aromatic amines is 1. The van der Waals surface area contributed by atoms with Crippen LogP contribution >= 0.6 is 0 Å². The zero-order chi connectivity index (χ0) is 12.6. The second-order valence-electron chi connectivity index (χ2n) is 4.40. The van der Waals surface area contributed by atoms with E-state index in [1.165, 1.54) is 11.2 Å². The van der Waals surface area contributed by atoms with Gasteiger partial charge in [-0.3, -0.25) is 4.79 Å². The van der Waals surface area contributed by atoms with Crippen molar-refractivity contribution < 1.29 is 19.8 Å². The average molecular weight is 239 g/mol. The maximum atomic E-state index is 12.0. The number of H-pyrrole nitrogens is 1. The van der Waals surface area contributed by atoms with Gasteiger partial charge in [-0.05, 0) is 13.3 Å². The summed E-state index contributed by atoms with van der Waals surface area (Å²) in [6, 6.07) is 0. The first-order valence-corrected chi connectivity index (χ1v) is 5.19. The van der Waals surface area contributed by atoms with Gasteiger partial charge in [-0.2, -0.15) is 0 Å². The van der Waals surface area contributed by atoms with Crippen LogP contribution in [0.4, 0.5) is 0 Å². The number of hydrogen-bond acceptors (Lipinski definition) is 4. The molecular formula is C10H13N3O4. The van der Waals surface area contributed by atoms with Gasteiger partial charge in [0.15, 0.2) is 11.4 Å². The lowest BCUT2D eigenvalue weighted by molar-refractivity contribution is 0.0564. The SMILES string of the molecule is CC1(O)CCN(C(=O)c2nc[nH]c2C(=O)O)C1. The Bertz CT molecular complexity index is 466. The van der Waals surface area contributed by atoms with E-state index in [0.717, 1.165) is 0 Å². The molecule has 1 fully saturated rings. The van der Waals surface area contributed by atoms with Crippen LogP contribution in [-0.2, 0) is 0 Å². The van der Waals surface area contributed by atoms with Crippen molar-refractivity contribution in [1.29, 1.82) is 0 Å². The maximum Gasteiger partial charge on any atom is 0.354 e. The molecule has 1 aromatic heterocycles. The third-order valence-electron chi connectivity index (χ3n) is 2.79. The number of β-amino-alcohol motifs (C(OH)–C–C–N with tert-alkyl or cyclic N) is 1. The summed E-state index contributed by atoms with van der Waals surface area (Å²) < 4.78 is 0. The predicted octanol–water partition coefficient (Wildman–Crippen LogP) is -0.295. The second kappa shape index (κ2) is 3.85. The first kappa shape index (κ1) is 11.6. The van der Waals surface area contributed by atoms with Gasteiger partial charge in [-0.25, -0.2) is 9.78 Å². The molecule has 3 N–H and O–H groups in total. The summed E-state index contributed by atoms with van der Waals surface area (Å²) in [6.45, 7) is 2.23. The van der Waals surface area contributed by atoms with Gasteiger partial charge in [-0.1, -0.05) is 0 Å². The molecule has 1 aliphatic heterocycles. The zero-order valence-electron chi connectivity index (χ0n) is 9.30. The van der Waals surface area contributed by atoms with Crippen molar-refractivity contribution in [2.45, 2.75) is 18.9 Å². The molecule has 0 aromatic carbocycles. The van der Waals surface area contributed by atoms with E-state index in [2.05, 4.69) is 9.97 Å². The molecule has 0 saturated carbocycles. The summed E-state index contributed by atoms with van der Waals surface area (Å²) in [6.07, 6.45) is 1.65. The Morgan fingerprint density at radius 3 is 2.82 bits per heavy atom. The van der Waals surface area contributed by atoms with Crippen molar-refractivity contribution in [3.05, 3.63) is 17.7 Å². The van der Waals surface area contributed by atoms with Crippen molar-refractivity contribution in [3.8, 4) is 0 Å². The molecule has 7 heteroatoms. The fourth-order valence-corrected chi connectivity index (χ4v) is 1.89. The summed E-state index contributed by atoms with van der Waals surface area (Å²) in [5, 5.41) is 18.6. The highest BCUT2D eigenvalue weighted by Crippen LogP contribution is 2.22. The zero-order valence-corrected chi connectivity index (χ0v) is 9.30. The van der Waals surface area contributed by atoms with Crippen LogP contribution in [0.2, 0.25) is 0 Å². The van der Waals surface area contributed by atoms with Crippen LogP contribution in [0, 0.1) is 0 Å². The molecule has 7 nitrogen and oxygen atoms in total. The van der Waals surface area contributed by atoms with Gasteiger partial charge >= 0.3 is 5.97 Å². The minimum Gasteiger partial charge on any atom is -0.477 e. The van der Waals surface area contributed by atoms with Gasteiger partial charge in [0.2, 0.25) is 0 Å². The quantitative estimate of drug-likeness (QED) is 0.657. The number of nitrogens with one attached hydrogen (secondary N) is 1. The molecule has 0 bridgehead atoms. The molecule has 0 spiro atoms. The highest BCUT2D eigenvalue weighted by atomic mass is 16.4. The molecule has 17 heavy (non-hydrogen) atoms. The largest absolute Gasteiger partial charge is 0.477 e. The summed E-state index contributed by atoms with van der Waals surface area (Å²) >= 11 is 0. The van der Waals surface area contributed by atoms with E-state index in [0.29, 0.717) is 13.0 Å². The van der Waals surface area contributed by atoms with Crippen LogP contribution in [0.5, 0.6) is 0 Å². The molecule has 2 heterocycles.